The van der Waals surface area contributed by atoms with Gasteiger partial charge in [0.15, 0.2) is 0 Å². The van der Waals surface area contributed by atoms with Crippen molar-refractivity contribution in [3.05, 3.63) is 62.7 Å². The van der Waals surface area contributed by atoms with Crippen LogP contribution in [-0.4, -0.2) is 21.2 Å². The highest BCUT2D eigenvalue weighted by molar-refractivity contribution is 7.99. The van der Waals surface area contributed by atoms with E-state index in [1.807, 2.05) is 0 Å². The summed E-state index contributed by atoms with van der Waals surface area (Å²) < 4.78 is 14.6. The van der Waals surface area contributed by atoms with Gasteiger partial charge >= 0.3 is 5.69 Å². The summed E-state index contributed by atoms with van der Waals surface area (Å²) in [5, 5.41) is 2.82. The lowest BCUT2D eigenvalue weighted by Gasteiger charge is -2.26. The molecular formula is C15H14FN3O3S. The van der Waals surface area contributed by atoms with Gasteiger partial charge in [-0.2, -0.15) is 0 Å². The van der Waals surface area contributed by atoms with Gasteiger partial charge in [0.1, 0.15) is 12.4 Å². The van der Waals surface area contributed by atoms with Gasteiger partial charge in [0.05, 0.1) is 6.04 Å². The Hall–Kier alpha value is -2.35. The van der Waals surface area contributed by atoms with Crippen LogP contribution in [0.2, 0.25) is 0 Å². The predicted octanol–water partition coefficient (Wildman–Crippen LogP) is 1.03. The van der Waals surface area contributed by atoms with Crippen molar-refractivity contribution in [2.24, 2.45) is 0 Å². The second-order valence-electron chi connectivity index (χ2n) is 5.18. The Morgan fingerprint density at radius 2 is 2.22 bits per heavy atom. The van der Waals surface area contributed by atoms with E-state index in [-0.39, 0.29) is 24.3 Å². The molecule has 23 heavy (non-hydrogen) atoms. The Kier molecular flexibility index (Phi) is 4.33. The van der Waals surface area contributed by atoms with Crippen molar-refractivity contribution in [2.75, 3.05) is 5.75 Å². The number of H-pyrrole nitrogens is 1. The fraction of sp³-hybridized carbons (Fsp3) is 0.267. The molecule has 1 aromatic heterocycles. The monoisotopic (exact) mass is 335 g/mol. The molecule has 1 atom stereocenters. The number of aromatic nitrogens is 2. The van der Waals surface area contributed by atoms with Crippen LogP contribution in [0.3, 0.4) is 0 Å². The summed E-state index contributed by atoms with van der Waals surface area (Å²) in [6.07, 6.45) is 1.96. The molecule has 1 aliphatic rings. The molecule has 0 bridgehead atoms. The van der Waals surface area contributed by atoms with Crippen LogP contribution in [0.5, 0.6) is 0 Å². The van der Waals surface area contributed by atoms with Gasteiger partial charge in [-0.3, -0.25) is 19.1 Å². The van der Waals surface area contributed by atoms with E-state index >= 15 is 0 Å². The molecule has 0 radical (unpaired) electrons. The average molecular weight is 335 g/mol. The molecule has 3 rings (SSSR count). The Morgan fingerprint density at radius 3 is 3.00 bits per heavy atom. The number of aromatic amines is 1. The number of benzene rings is 1. The van der Waals surface area contributed by atoms with Gasteiger partial charge in [-0.1, -0.05) is 0 Å². The minimum atomic E-state index is -0.640. The van der Waals surface area contributed by atoms with Crippen molar-refractivity contribution in [3.63, 3.8) is 0 Å². The molecular weight excluding hydrogens is 321 g/mol. The third-order valence-corrected chi connectivity index (χ3v) is 4.68. The van der Waals surface area contributed by atoms with Crippen molar-refractivity contribution in [2.45, 2.75) is 23.9 Å². The lowest BCUT2D eigenvalue weighted by atomic mass is 10.0. The van der Waals surface area contributed by atoms with Crippen LogP contribution in [0.15, 0.2) is 44.9 Å². The number of halogens is 1. The highest BCUT2D eigenvalue weighted by Gasteiger charge is 2.23. The van der Waals surface area contributed by atoms with Gasteiger partial charge in [0, 0.05) is 22.9 Å². The second kappa shape index (κ2) is 6.41. The van der Waals surface area contributed by atoms with E-state index in [9.17, 15) is 18.8 Å². The maximum atomic E-state index is 13.4. The van der Waals surface area contributed by atoms with E-state index in [4.69, 9.17) is 0 Å². The van der Waals surface area contributed by atoms with Crippen molar-refractivity contribution in [3.8, 4) is 0 Å². The minimum Gasteiger partial charge on any atom is -0.348 e. The topological polar surface area (TPSA) is 84.0 Å². The summed E-state index contributed by atoms with van der Waals surface area (Å²) in [5.41, 5.74) is -0.401. The SMILES string of the molecule is O=C(Cn1ccc(=O)[nH]c1=O)NC1CCSc2ccc(F)cc21. The molecule has 0 saturated heterocycles. The second-order valence-corrected chi connectivity index (χ2v) is 6.31. The first-order chi connectivity index (χ1) is 11.0. The fourth-order valence-electron chi connectivity index (χ4n) is 2.48. The number of hydrogen-bond acceptors (Lipinski definition) is 4. The largest absolute Gasteiger partial charge is 0.348 e. The van der Waals surface area contributed by atoms with Gasteiger partial charge in [-0.15, -0.1) is 11.8 Å². The highest BCUT2D eigenvalue weighted by Crippen LogP contribution is 2.36. The smallest absolute Gasteiger partial charge is 0.328 e. The Labute approximate surface area is 134 Å². The fourth-order valence-corrected chi connectivity index (χ4v) is 3.58. The lowest BCUT2D eigenvalue weighted by Crippen LogP contribution is -2.37. The summed E-state index contributed by atoms with van der Waals surface area (Å²) in [7, 11) is 0. The first kappa shape index (κ1) is 15.5. The highest BCUT2D eigenvalue weighted by atomic mass is 32.2. The molecule has 0 aliphatic carbocycles. The molecule has 0 saturated carbocycles. The van der Waals surface area contributed by atoms with Crippen molar-refractivity contribution in [1.29, 1.82) is 0 Å². The molecule has 8 heteroatoms. The molecule has 2 N–H and O–H groups in total. The number of nitrogens with zero attached hydrogens (tertiary/aromatic N) is 1. The lowest BCUT2D eigenvalue weighted by molar-refractivity contribution is -0.122. The number of nitrogens with one attached hydrogen (secondary N) is 2. The van der Waals surface area contributed by atoms with E-state index in [0.29, 0.717) is 6.42 Å². The number of amides is 1. The van der Waals surface area contributed by atoms with Crippen LogP contribution in [0.4, 0.5) is 4.39 Å². The van der Waals surface area contributed by atoms with Gasteiger partial charge in [-0.05, 0) is 30.2 Å². The Bertz CT molecular complexity index is 862. The third-order valence-electron chi connectivity index (χ3n) is 3.56. The average Bonchev–Trinajstić information content (AvgIpc) is 2.51. The standard InChI is InChI=1S/C15H14FN3O3S/c16-9-1-2-12-10(7-9)11(4-6-23-12)17-14(21)8-19-5-3-13(20)18-15(19)22/h1-3,5,7,11H,4,6,8H2,(H,17,21)(H,18,20,22). The van der Waals surface area contributed by atoms with Gasteiger partial charge < -0.3 is 5.32 Å². The van der Waals surface area contributed by atoms with Crippen molar-refractivity contribution in [1.82, 2.24) is 14.9 Å². The Balaban J connectivity index is 1.75. The maximum Gasteiger partial charge on any atom is 0.328 e. The first-order valence-electron chi connectivity index (χ1n) is 7.04. The summed E-state index contributed by atoms with van der Waals surface area (Å²) in [4.78, 5) is 37.8. The molecule has 1 amide bonds. The number of carbonyl (C=O) groups excluding carboxylic acids is 1. The van der Waals surface area contributed by atoms with Crippen molar-refractivity contribution >= 4 is 17.7 Å². The quantitative estimate of drug-likeness (QED) is 0.877. The van der Waals surface area contributed by atoms with Crippen LogP contribution < -0.4 is 16.6 Å². The predicted molar refractivity (Wildman–Crippen MR) is 83.9 cm³/mol. The summed E-state index contributed by atoms with van der Waals surface area (Å²) in [5.74, 6) is 0.107. The zero-order valence-electron chi connectivity index (χ0n) is 12.0. The summed E-state index contributed by atoms with van der Waals surface area (Å²) in [6, 6.07) is 5.43. The molecule has 1 unspecified atom stereocenters. The van der Waals surface area contributed by atoms with E-state index < -0.39 is 11.2 Å². The molecule has 2 heterocycles. The van der Waals surface area contributed by atoms with Gasteiger partial charge in [0.25, 0.3) is 5.56 Å². The zero-order valence-corrected chi connectivity index (χ0v) is 12.9. The van der Waals surface area contributed by atoms with Gasteiger partial charge in [0.2, 0.25) is 5.91 Å². The molecule has 6 nitrogen and oxygen atoms in total. The van der Waals surface area contributed by atoms with Crippen LogP contribution in [0.25, 0.3) is 0 Å². The number of thioether (sulfide) groups is 1. The summed E-state index contributed by atoms with van der Waals surface area (Å²) in [6.45, 7) is -0.204. The van der Waals surface area contributed by atoms with E-state index in [0.717, 1.165) is 20.8 Å². The van der Waals surface area contributed by atoms with Crippen LogP contribution in [0.1, 0.15) is 18.0 Å². The van der Waals surface area contributed by atoms with Crippen LogP contribution >= 0.6 is 11.8 Å². The molecule has 2 aromatic rings. The Morgan fingerprint density at radius 1 is 1.39 bits per heavy atom. The maximum absolute atomic E-state index is 13.4. The van der Waals surface area contributed by atoms with Gasteiger partial charge in [-0.25, -0.2) is 9.18 Å². The van der Waals surface area contributed by atoms with Crippen LogP contribution in [-0.2, 0) is 11.3 Å². The van der Waals surface area contributed by atoms with E-state index in [1.165, 1.54) is 24.4 Å². The van der Waals surface area contributed by atoms with Crippen molar-refractivity contribution < 1.29 is 9.18 Å². The van der Waals surface area contributed by atoms with Crippen LogP contribution in [0, 0.1) is 5.82 Å². The number of carbonyl (C=O) groups is 1. The first-order valence-corrected chi connectivity index (χ1v) is 8.03. The molecule has 1 aliphatic heterocycles. The molecule has 0 spiro atoms. The number of rotatable bonds is 3. The van der Waals surface area contributed by atoms with E-state index in [2.05, 4.69) is 10.3 Å². The number of fused-ring (bicyclic) bond motifs is 1. The minimum absolute atomic E-state index is 0.204. The zero-order chi connectivity index (χ0) is 16.4. The summed E-state index contributed by atoms with van der Waals surface area (Å²) >= 11 is 1.62. The van der Waals surface area contributed by atoms with E-state index in [1.54, 1.807) is 17.8 Å². The molecule has 0 fully saturated rings. The molecule has 120 valence electrons. The molecule has 1 aromatic carbocycles. The number of hydrogen-bond donors (Lipinski definition) is 2. The normalized spacial score (nSPS) is 16.7. The third kappa shape index (κ3) is 3.53.